The van der Waals surface area contributed by atoms with Crippen LogP contribution in [0.4, 0.5) is 18.9 Å². The van der Waals surface area contributed by atoms with Crippen LogP contribution >= 0.6 is 0 Å². The van der Waals surface area contributed by atoms with Crippen LogP contribution in [-0.2, 0) is 0 Å². The van der Waals surface area contributed by atoms with E-state index in [1.54, 1.807) is 0 Å². The van der Waals surface area contributed by atoms with E-state index >= 15 is 0 Å². The summed E-state index contributed by atoms with van der Waals surface area (Å²) in [6, 6.07) is 3.67. The molecule has 0 heterocycles. The topological polar surface area (TPSA) is 78.3 Å². The Hall–Kier alpha value is -1.92. The SMILES string of the molecule is CC(Oc1ccc(N)cc1C(N)=O)C(F)(F)F. The molecular formula is C10H11F3N2O2. The van der Waals surface area contributed by atoms with Crippen molar-refractivity contribution in [1.82, 2.24) is 0 Å². The van der Waals surface area contributed by atoms with E-state index in [-0.39, 0.29) is 17.0 Å². The molecule has 1 aromatic rings. The lowest BCUT2D eigenvalue weighted by molar-refractivity contribution is -0.189. The Morgan fingerprint density at radius 3 is 2.47 bits per heavy atom. The zero-order valence-electron chi connectivity index (χ0n) is 8.91. The molecule has 0 saturated carbocycles. The van der Waals surface area contributed by atoms with Gasteiger partial charge in [0.05, 0.1) is 5.56 Å². The molecule has 0 aromatic heterocycles. The van der Waals surface area contributed by atoms with Crippen LogP contribution in [0.2, 0.25) is 0 Å². The minimum Gasteiger partial charge on any atom is -0.480 e. The molecule has 7 heteroatoms. The Balaban J connectivity index is 3.03. The van der Waals surface area contributed by atoms with E-state index in [4.69, 9.17) is 11.5 Å². The number of carbonyl (C=O) groups excluding carboxylic acids is 1. The molecule has 94 valence electrons. The van der Waals surface area contributed by atoms with Crippen LogP contribution in [0.1, 0.15) is 17.3 Å². The van der Waals surface area contributed by atoms with Gasteiger partial charge in [-0.3, -0.25) is 4.79 Å². The van der Waals surface area contributed by atoms with Crippen molar-refractivity contribution in [3.8, 4) is 5.75 Å². The van der Waals surface area contributed by atoms with Crippen molar-refractivity contribution in [3.05, 3.63) is 23.8 Å². The number of benzene rings is 1. The van der Waals surface area contributed by atoms with Crippen LogP contribution in [-0.4, -0.2) is 18.2 Å². The van der Waals surface area contributed by atoms with Gasteiger partial charge in [-0.05, 0) is 25.1 Å². The molecule has 0 aliphatic rings. The summed E-state index contributed by atoms with van der Waals surface area (Å²) in [6.07, 6.45) is -6.56. The summed E-state index contributed by atoms with van der Waals surface area (Å²) in [5.74, 6) is -1.14. The quantitative estimate of drug-likeness (QED) is 0.799. The molecule has 17 heavy (non-hydrogen) atoms. The number of ether oxygens (including phenoxy) is 1. The van der Waals surface area contributed by atoms with Crippen LogP contribution in [0.5, 0.6) is 5.75 Å². The van der Waals surface area contributed by atoms with Crippen molar-refractivity contribution < 1.29 is 22.7 Å². The molecule has 4 nitrogen and oxygen atoms in total. The first kappa shape index (κ1) is 13.1. The van der Waals surface area contributed by atoms with Crippen LogP contribution in [0.15, 0.2) is 18.2 Å². The van der Waals surface area contributed by atoms with Crippen LogP contribution in [0.25, 0.3) is 0 Å². The first-order chi connectivity index (χ1) is 7.71. The Bertz CT molecular complexity index is 432. The average molecular weight is 248 g/mol. The number of anilines is 1. The molecule has 1 unspecified atom stereocenters. The highest BCUT2D eigenvalue weighted by molar-refractivity contribution is 5.96. The highest BCUT2D eigenvalue weighted by Gasteiger charge is 2.38. The van der Waals surface area contributed by atoms with Gasteiger partial charge in [-0.15, -0.1) is 0 Å². The summed E-state index contributed by atoms with van der Waals surface area (Å²) < 4.78 is 41.5. The van der Waals surface area contributed by atoms with E-state index in [9.17, 15) is 18.0 Å². The van der Waals surface area contributed by atoms with Gasteiger partial charge in [0.15, 0.2) is 6.10 Å². The Labute approximate surface area is 95.3 Å². The average Bonchev–Trinajstić information content (AvgIpc) is 2.18. The van der Waals surface area contributed by atoms with Crippen molar-refractivity contribution >= 4 is 11.6 Å². The van der Waals surface area contributed by atoms with E-state index < -0.39 is 18.2 Å². The molecule has 1 rings (SSSR count). The number of amides is 1. The van der Waals surface area contributed by atoms with Gasteiger partial charge < -0.3 is 16.2 Å². The number of halogens is 3. The lowest BCUT2D eigenvalue weighted by atomic mass is 10.1. The fourth-order valence-corrected chi connectivity index (χ4v) is 1.10. The van der Waals surface area contributed by atoms with Gasteiger partial charge in [0.25, 0.3) is 5.91 Å². The Morgan fingerprint density at radius 2 is 2.00 bits per heavy atom. The highest BCUT2D eigenvalue weighted by atomic mass is 19.4. The minimum absolute atomic E-state index is 0.180. The van der Waals surface area contributed by atoms with E-state index in [0.717, 1.165) is 6.92 Å². The third-order valence-electron chi connectivity index (χ3n) is 2.03. The molecule has 1 atom stereocenters. The molecule has 0 saturated heterocycles. The van der Waals surface area contributed by atoms with Crippen molar-refractivity contribution in [2.45, 2.75) is 19.2 Å². The smallest absolute Gasteiger partial charge is 0.425 e. The lowest BCUT2D eigenvalue weighted by Crippen LogP contribution is -2.32. The number of carbonyl (C=O) groups is 1. The lowest BCUT2D eigenvalue weighted by Gasteiger charge is -2.19. The number of nitrogen functional groups attached to an aromatic ring is 1. The summed E-state index contributed by atoms with van der Waals surface area (Å²) in [6.45, 7) is 0.834. The summed E-state index contributed by atoms with van der Waals surface area (Å²) in [7, 11) is 0. The molecule has 0 aliphatic carbocycles. The third kappa shape index (κ3) is 3.27. The van der Waals surface area contributed by atoms with E-state index in [2.05, 4.69) is 4.74 Å². The second-order valence-electron chi connectivity index (χ2n) is 3.42. The predicted molar refractivity (Wildman–Crippen MR) is 55.5 cm³/mol. The normalized spacial score (nSPS) is 13.2. The number of hydrogen-bond donors (Lipinski definition) is 2. The second-order valence-corrected chi connectivity index (χ2v) is 3.42. The number of rotatable bonds is 3. The largest absolute Gasteiger partial charge is 0.480 e. The molecule has 0 bridgehead atoms. The van der Waals surface area contributed by atoms with E-state index in [1.165, 1.54) is 18.2 Å². The second kappa shape index (κ2) is 4.52. The van der Waals surface area contributed by atoms with E-state index in [1.807, 2.05) is 0 Å². The third-order valence-corrected chi connectivity index (χ3v) is 2.03. The van der Waals surface area contributed by atoms with Crippen molar-refractivity contribution in [2.75, 3.05) is 5.73 Å². The molecule has 4 N–H and O–H groups in total. The van der Waals surface area contributed by atoms with Crippen molar-refractivity contribution in [3.63, 3.8) is 0 Å². The monoisotopic (exact) mass is 248 g/mol. The Kier molecular flexibility index (Phi) is 3.50. The summed E-state index contributed by atoms with van der Waals surface area (Å²) >= 11 is 0. The number of primary amides is 1. The fraction of sp³-hybridized carbons (Fsp3) is 0.300. The summed E-state index contributed by atoms with van der Waals surface area (Å²) in [5.41, 5.74) is 10.4. The van der Waals surface area contributed by atoms with Crippen LogP contribution < -0.4 is 16.2 Å². The molecule has 0 fully saturated rings. The van der Waals surface area contributed by atoms with Gasteiger partial charge in [-0.2, -0.15) is 13.2 Å². The molecule has 1 aromatic carbocycles. The Morgan fingerprint density at radius 1 is 1.41 bits per heavy atom. The first-order valence-electron chi connectivity index (χ1n) is 4.64. The highest BCUT2D eigenvalue weighted by Crippen LogP contribution is 2.28. The zero-order valence-corrected chi connectivity index (χ0v) is 8.91. The standard InChI is InChI=1S/C10H11F3N2O2/c1-5(10(11,12)13)17-8-3-2-6(14)4-7(8)9(15)16/h2-5H,14H2,1H3,(H2,15,16). The maximum absolute atomic E-state index is 12.3. The van der Waals surface area contributed by atoms with Gasteiger partial charge in [-0.25, -0.2) is 0 Å². The van der Waals surface area contributed by atoms with Crippen molar-refractivity contribution in [2.24, 2.45) is 5.73 Å². The molecule has 0 radical (unpaired) electrons. The minimum atomic E-state index is -4.52. The molecule has 0 spiro atoms. The molecule has 1 amide bonds. The first-order valence-corrected chi connectivity index (χ1v) is 4.64. The van der Waals surface area contributed by atoms with Crippen molar-refractivity contribution in [1.29, 1.82) is 0 Å². The summed E-state index contributed by atoms with van der Waals surface area (Å²) in [4.78, 5) is 11.0. The molecular weight excluding hydrogens is 237 g/mol. The van der Waals surface area contributed by atoms with Gasteiger partial charge >= 0.3 is 6.18 Å². The summed E-state index contributed by atoms with van der Waals surface area (Å²) in [5, 5.41) is 0. The predicted octanol–water partition coefficient (Wildman–Crippen LogP) is 1.70. The van der Waals surface area contributed by atoms with Crippen LogP contribution in [0.3, 0.4) is 0 Å². The molecule has 0 aliphatic heterocycles. The van der Waals surface area contributed by atoms with Gasteiger partial charge in [0.1, 0.15) is 5.75 Å². The van der Waals surface area contributed by atoms with Crippen LogP contribution in [0, 0.1) is 0 Å². The van der Waals surface area contributed by atoms with E-state index in [0.29, 0.717) is 0 Å². The zero-order chi connectivity index (χ0) is 13.2. The number of nitrogens with two attached hydrogens (primary N) is 2. The maximum Gasteiger partial charge on any atom is 0.425 e. The number of hydrogen-bond acceptors (Lipinski definition) is 3. The van der Waals surface area contributed by atoms with Gasteiger partial charge in [0.2, 0.25) is 0 Å². The number of alkyl halides is 3. The maximum atomic E-state index is 12.3. The fourth-order valence-electron chi connectivity index (χ4n) is 1.10. The van der Waals surface area contributed by atoms with Gasteiger partial charge in [0, 0.05) is 5.69 Å². The van der Waals surface area contributed by atoms with Gasteiger partial charge in [-0.1, -0.05) is 0 Å².